The Hall–Kier alpha value is -0.110. The minimum absolute atomic E-state index is 0.350. The van der Waals surface area contributed by atoms with Crippen LogP contribution in [0.4, 0.5) is 0 Å². The summed E-state index contributed by atoms with van der Waals surface area (Å²) < 4.78 is 0. The summed E-state index contributed by atoms with van der Waals surface area (Å²) >= 11 is 4.30. The van der Waals surface area contributed by atoms with Crippen LogP contribution in [0.2, 0.25) is 0 Å². The van der Waals surface area contributed by atoms with E-state index in [9.17, 15) is 0 Å². The van der Waals surface area contributed by atoms with Crippen LogP contribution < -0.4 is 5.73 Å². The van der Waals surface area contributed by atoms with Crippen molar-refractivity contribution in [1.82, 2.24) is 0 Å². The normalized spacial score (nSPS) is 18.6. The van der Waals surface area contributed by atoms with Crippen LogP contribution in [0.25, 0.3) is 0 Å². The van der Waals surface area contributed by atoms with Crippen molar-refractivity contribution in [1.29, 1.82) is 0 Å². The summed E-state index contributed by atoms with van der Waals surface area (Å²) in [6.07, 6.45) is 3.06. The van der Waals surface area contributed by atoms with E-state index in [4.69, 9.17) is 5.73 Å². The van der Waals surface area contributed by atoms with E-state index in [2.05, 4.69) is 39.5 Å². The van der Waals surface area contributed by atoms with Crippen LogP contribution in [0.1, 0.15) is 27.2 Å². The maximum atomic E-state index is 5.74. The van der Waals surface area contributed by atoms with Crippen molar-refractivity contribution in [3.63, 3.8) is 0 Å². The van der Waals surface area contributed by atoms with E-state index >= 15 is 0 Å². The first-order chi connectivity index (χ1) is 4.59. The molecule has 0 aromatic carbocycles. The van der Waals surface area contributed by atoms with E-state index in [-0.39, 0.29) is 0 Å². The van der Waals surface area contributed by atoms with Gasteiger partial charge in [-0.25, -0.2) is 0 Å². The van der Waals surface area contributed by atoms with E-state index in [1.165, 1.54) is 0 Å². The minimum Gasteiger partial charge on any atom is -0.402 e. The average Bonchev–Trinajstić information content (AvgIpc) is 1.87. The minimum atomic E-state index is 0.350. The molecule has 0 aliphatic rings. The Morgan fingerprint density at radius 2 is 2.10 bits per heavy atom. The average molecular weight is 159 g/mol. The Kier molecular flexibility index (Phi) is 4.62. The fraction of sp³-hybridized carbons (Fsp3) is 0.750. The van der Waals surface area contributed by atoms with Gasteiger partial charge in [0.1, 0.15) is 0 Å². The third kappa shape index (κ3) is 3.16. The molecule has 10 heavy (non-hydrogen) atoms. The second-order valence-electron chi connectivity index (χ2n) is 2.64. The van der Waals surface area contributed by atoms with Gasteiger partial charge in [0.2, 0.25) is 0 Å². The van der Waals surface area contributed by atoms with Gasteiger partial charge in [-0.05, 0) is 6.42 Å². The molecule has 0 aliphatic carbocycles. The highest BCUT2D eigenvalue weighted by atomic mass is 32.1. The van der Waals surface area contributed by atoms with E-state index in [0.29, 0.717) is 11.2 Å². The molecule has 0 rings (SSSR count). The molecule has 0 aromatic heterocycles. The number of nitrogens with two attached hydrogens (primary N) is 1. The molecule has 0 radical (unpaired) electrons. The van der Waals surface area contributed by atoms with Crippen molar-refractivity contribution >= 4 is 12.6 Å². The van der Waals surface area contributed by atoms with Gasteiger partial charge in [-0.2, -0.15) is 12.6 Å². The molecule has 0 aliphatic heterocycles. The molecule has 2 unspecified atom stereocenters. The van der Waals surface area contributed by atoms with Crippen molar-refractivity contribution < 1.29 is 0 Å². The highest BCUT2D eigenvalue weighted by Crippen LogP contribution is 2.14. The number of allylic oxidation sites excluding steroid dienone is 2. The van der Waals surface area contributed by atoms with E-state index in [1.54, 1.807) is 0 Å². The lowest BCUT2D eigenvalue weighted by molar-refractivity contribution is 0.663. The summed E-state index contributed by atoms with van der Waals surface area (Å²) in [4.78, 5) is 0. The largest absolute Gasteiger partial charge is 0.402 e. The van der Waals surface area contributed by atoms with Gasteiger partial charge < -0.3 is 5.73 Å². The Labute approximate surface area is 69.1 Å². The summed E-state index contributed by atoms with van der Waals surface area (Å²) in [5.41, 5.74) is 6.70. The number of hydrogen-bond donors (Lipinski definition) is 2. The van der Waals surface area contributed by atoms with Crippen LogP contribution in [0.15, 0.2) is 11.8 Å². The molecule has 0 heterocycles. The van der Waals surface area contributed by atoms with E-state index in [1.807, 2.05) is 0 Å². The standard InChI is InChI=1S/C8H17NS/c1-4-5-8(9)6(2)7(3)10/h5-7,10H,4,9H2,1-3H3/b8-5-. The first kappa shape index (κ1) is 9.89. The fourth-order valence-electron chi connectivity index (χ4n) is 0.700. The maximum Gasteiger partial charge on any atom is 0.00795 e. The van der Waals surface area contributed by atoms with Crippen molar-refractivity contribution in [2.24, 2.45) is 11.7 Å². The molecule has 0 bridgehead atoms. The SMILES string of the molecule is CC/C=C(\N)C(C)C(C)S. The van der Waals surface area contributed by atoms with Crippen LogP contribution in [0, 0.1) is 5.92 Å². The van der Waals surface area contributed by atoms with Gasteiger partial charge in [-0.3, -0.25) is 0 Å². The van der Waals surface area contributed by atoms with Crippen LogP contribution >= 0.6 is 12.6 Å². The number of rotatable bonds is 3. The Morgan fingerprint density at radius 1 is 1.60 bits per heavy atom. The molecule has 60 valence electrons. The molecule has 2 N–H and O–H groups in total. The summed E-state index contributed by atoms with van der Waals surface area (Å²) in [5.74, 6) is 0.392. The van der Waals surface area contributed by atoms with Crippen molar-refractivity contribution in [3.8, 4) is 0 Å². The Bertz CT molecular complexity index is 118. The van der Waals surface area contributed by atoms with Gasteiger partial charge in [-0.15, -0.1) is 0 Å². The summed E-state index contributed by atoms with van der Waals surface area (Å²) in [7, 11) is 0. The van der Waals surface area contributed by atoms with Crippen LogP contribution in [-0.2, 0) is 0 Å². The van der Waals surface area contributed by atoms with Gasteiger partial charge in [0.25, 0.3) is 0 Å². The number of thiol groups is 1. The zero-order valence-electron chi connectivity index (χ0n) is 6.96. The van der Waals surface area contributed by atoms with Crippen LogP contribution in [0.5, 0.6) is 0 Å². The first-order valence-corrected chi connectivity index (χ1v) is 4.24. The highest BCUT2D eigenvalue weighted by Gasteiger charge is 2.08. The van der Waals surface area contributed by atoms with Gasteiger partial charge in [0.15, 0.2) is 0 Å². The van der Waals surface area contributed by atoms with E-state index < -0.39 is 0 Å². The predicted octanol–water partition coefficient (Wildman–Crippen LogP) is 2.19. The van der Waals surface area contributed by atoms with Crippen molar-refractivity contribution in [2.75, 3.05) is 0 Å². The Balaban J connectivity index is 3.93. The quantitative estimate of drug-likeness (QED) is 0.607. The highest BCUT2D eigenvalue weighted by molar-refractivity contribution is 7.80. The zero-order chi connectivity index (χ0) is 8.15. The molecule has 1 nitrogen and oxygen atoms in total. The smallest absolute Gasteiger partial charge is 0.00795 e. The van der Waals surface area contributed by atoms with Crippen LogP contribution in [0.3, 0.4) is 0 Å². The predicted molar refractivity (Wildman–Crippen MR) is 50.2 cm³/mol. The topological polar surface area (TPSA) is 26.0 Å². The monoisotopic (exact) mass is 159 g/mol. The third-order valence-electron chi connectivity index (χ3n) is 1.69. The molecule has 2 atom stereocenters. The first-order valence-electron chi connectivity index (χ1n) is 3.73. The second kappa shape index (κ2) is 4.67. The molecule has 0 aromatic rings. The van der Waals surface area contributed by atoms with Crippen molar-refractivity contribution in [2.45, 2.75) is 32.4 Å². The lowest BCUT2D eigenvalue weighted by Crippen LogP contribution is -2.16. The molecule has 0 fully saturated rings. The fourth-order valence-corrected chi connectivity index (χ4v) is 0.872. The van der Waals surface area contributed by atoms with Gasteiger partial charge >= 0.3 is 0 Å². The summed E-state index contributed by atoms with van der Waals surface area (Å²) in [6, 6.07) is 0. The van der Waals surface area contributed by atoms with Gasteiger partial charge in [-0.1, -0.05) is 26.8 Å². The summed E-state index contributed by atoms with van der Waals surface area (Å²) in [6.45, 7) is 6.24. The third-order valence-corrected chi connectivity index (χ3v) is 2.14. The van der Waals surface area contributed by atoms with E-state index in [0.717, 1.165) is 12.1 Å². The number of hydrogen-bond acceptors (Lipinski definition) is 2. The van der Waals surface area contributed by atoms with Crippen molar-refractivity contribution in [3.05, 3.63) is 11.8 Å². The molecule has 0 saturated carbocycles. The van der Waals surface area contributed by atoms with Gasteiger partial charge in [0.05, 0.1) is 0 Å². The maximum absolute atomic E-state index is 5.74. The molecular weight excluding hydrogens is 142 g/mol. The van der Waals surface area contributed by atoms with Crippen LogP contribution in [-0.4, -0.2) is 5.25 Å². The lowest BCUT2D eigenvalue weighted by Gasteiger charge is -2.14. The molecule has 0 saturated heterocycles. The Morgan fingerprint density at radius 3 is 2.40 bits per heavy atom. The summed E-state index contributed by atoms with van der Waals surface area (Å²) in [5, 5.41) is 0.350. The lowest BCUT2D eigenvalue weighted by atomic mass is 10.0. The zero-order valence-corrected chi connectivity index (χ0v) is 7.86. The molecule has 2 heteroatoms. The molecule has 0 spiro atoms. The second-order valence-corrected chi connectivity index (χ2v) is 3.46. The molecular formula is C8H17NS. The molecule has 0 amide bonds. The van der Waals surface area contributed by atoms with Gasteiger partial charge in [0, 0.05) is 16.9 Å².